The van der Waals surface area contributed by atoms with Crippen LogP contribution in [-0.2, 0) is 44.0 Å². The number of nitrogen functional groups attached to an aromatic ring is 1. The number of fused-ring (bicyclic) bond motifs is 1. The van der Waals surface area contributed by atoms with Gasteiger partial charge in [-0.25, -0.2) is 14.8 Å². The van der Waals surface area contributed by atoms with Crippen LogP contribution in [0.1, 0.15) is 40.5 Å². The van der Waals surface area contributed by atoms with Gasteiger partial charge in [0.2, 0.25) is 19.5 Å². The molecule has 0 amide bonds. The Hall–Kier alpha value is -2.86. The molecule has 192 valence electrons. The first-order valence-electron chi connectivity index (χ1n) is 10.8. The number of ether oxygens (including phenoxy) is 3. The van der Waals surface area contributed by atoms with E-state index in [-0.39, 0.29) is 11.5 Å². The third-order valence-electron chi connectivity index (χ3n) is 5.01. The fourth-order valence-corrected chi connectivity index (χ4v) is 3.85. The molecule has 0 saturated heterocycles. The van der Waals surface area contributed by atoms with Crippen LogP contribution in [0.5, 0.6) is 0 Å². The molecule has 2 N–H and O–H groups in total. The van der Waals surface area contributed by atoms with Crippen molar-refractivity contribution in [3.8, 4) is 0 Å². The Morgan fingerprint density at radius 1 is 1.20 bits per heavy atom. The third kappa shape index (κ3) is 7.31. The van der Waals surface area contributed by atoms with Crippen LogP contribution in [0.2, 0.25) is 0 Å². The van der Waals surface area contributed by atoms with E-state index in [1.165, 1.54) is 13.1 Å². The molecule has 1 saturated carbocycles. The van der Waals surface area contributed by atoms with Crippen LogP contribution in [0.25, 0.3) is 11.2 Å². The van der Waals surface area contributed by atoms with Gasteiger partial charge in [0.25, 0.3) is 0 Å². The Morgan fingerprint density at radius 3 is 2.46 bits per heavy atom. The van der Waals surface area contributed by atoms with Gasteiger partial charge in [-0.2, -0.15) is 4.98 Å². The number of nitrogens with zero attached hydrogens (tertiary/aromatic N) is 4. The van der Waals surface area contributed by atoms with Crippen LogP contribution in [0.3, 0.4) is 0 Å². The highest BCUT2D eigenvalue weighted by Crippen LogP contribution is 2.52. The first-order valence-corrected chi connectivity index (χ1v) is 12.5. The zero-order valence-corrected chi connectivity index (χ0v) is 21.1. The summed E-state index contributed by atoms with van der Waals surface area (Å²) in [6, 6.07) is 0. The van der Waals surface area contributed by atoms with E-state index in [1.807, 2.05) is 0 Å². The van der Waals surface area contributed by atoms with E-state index in [1.54, 1.807) is 31.7 Å². The predicted molar refractivity (Wildman–Crippen MR) is 124 cm³/mol. The quantitative estimate of drug-likeness (QED) is 0.192. The highest BCUT2D eigenvalue weighted by atomic mass is 31.2. The molecule has 2 heterocycles. The molecule has 0 aromatic carbocycles. The Kier molecular flexibility index (Phi) is 7.95. The molecule has 1 atom stereocenters. The zero-order valence-electron chi connectivity index (χ0n) is 20.2. The van der Waals surface area contributed by atoms with Crippen LogP contribution in [0.4, 0.5) is 5.95 Å². The van der Waals surface area contributed by atoms with Gasteiger partial charge in [-0.3, -0.25) is 18.4 Å². The van der Waals surface area contributed by atoms with Gasteiger partial charge in [-0.1, -0.05) is 6.58 Å². The minimum absolute atomic E-state index is 0.116. The summed E-state index contributed by atoms with van der Waals surface area (Å²) < 4.78 is 41.4. The summed E-state index contributed by atoms with van der Waals surface area (Å²) in [6.07, 6.45) is 4.01. The number of carbonyl (C=O) groups excluding carboxylic acids is 2. The fourth-order valence-electron chi connectivity index (χ4n) is 2.77. The summed E-state index contributed by atoms with van der Waals surface area (Å²) in [6.45, 7) is 9.01. The second kappa shape index (κ2) is 10.4. The first-order chi connectivity index (χ1) is 16.3. The number of anilines is 1. The molecule has 1 aliphatic rings. The summed E-state index contributed by atoms with van der Waals surface area (Å²) in [7, 11) is -3.99. The van der Waals surface area contributed by atoms with Crippen LogP contribution in [0.15, 0.2) is 24.7 Å². The maximum atomic E-state index is 13.3. The number of hydrogen-bond acceptors (Lipinski definition) is 12. The van der Waals surface area contributed by atoms with E-state index in [4.69, 9.17) is 29.0 Å². The standard InChI is InChI=1S/C21H30N5O8P/c1-14(2)17(27)30-11-33-35(29,34-12-31-18(28)20(3,4)5)13-32-21(6-7-21)9-26-10-24-15-8-23-19(22)25-16(15)26/h8,10H,1,6-7,9,11-13H2,2-5H3,(H2,22,23,25). The van der Waals surface area contributed by atoms with Crippen molar-refractivity contribution in [1.82, 2.24) is 19.5 Å². The third-order valence-corrected chi connectivity index (χ3v) is 6.45. The molecule has 2 aromatic heterocycles. The van der Waals surface area contributed by atoms with Crippen molar-refractivity contribution in [2.45, 2.75) is 52.7 Å². The Morgan fingerprint density at radius 2 is 1.86 bits per heavy atom. The van der Waals surface area contributed by atoms with Gasteiger partial charge in [0.1, 0.15) is 11.9 Å². The van der Waals surface area contributed by atoms with E-state index < -0.39 is 50.5 Å². The number of rotatable bonds is 12. The van der Waals surface area contributed by atoms with Gasteiger partial charge >= 0.3 is 19.5 Å². The maximum absolute atomic E-state index is 13.3. The molecule has 3 rings (SSSR count). The maximum Gasteiger partial charge on any atom is 0.361 e. The van der Waals surface area contributed by atoms with Gasteiger partial charge in [0, 0.05) is 5.57 Å². The van der Waals surface area contributed by atoms with Crippen LogP contribution in [0, 0.1) is 5.41 Å². The van der Waals surface area contributed by atoms with Crippen LogP contribution in [-0.4, -0.2) is 57.0 Å². The Balaban J connectivity index is 1.64. The number of aromatic nitrogens is 4. The lowest BCUT2D eigenvalue weighted by Gasteiger charge is -2.23. The molecule has 1 unspecified atom stereocenters. The largest absolute Gasteiger partial charge is 0.438 e. The van der Waals surface area contributed by atoms with Crippen LogP contribution < -0.4 is 5.73 Å². The van der Waals surface area contributed by atoms with Crippen molar-refractivity contribution in [2.24, 2.45) is 5.41 Å². The van der Waals surface area contributed by atoms with Crippen molar-refractivity contribution in [2.75, 3.05) is 25.7 Å². The van der Waals surface area contributed by atoms with E-state index >= 15 is 0 Å². The predicted octanol–water partition coefficient (Wildman–Crippen LogP) is 2.77. The SMILES string of the molecule is C=C(C)C(=O)OCOP(=O)(COC1(Cn2cnc3cnc(N)nc32)CC1)OCOC(=O)C(C)(C)C. The van der Waals surface area contributed by atoms with Crippen molar-refractivity contribution in [3.05, 3.63) is 24.7 Å². The van der Waals surface area contributed by atoms with Gasteiger partial charge in [-0.05, 0) is 40.5 Å². The number of carbonyl (C=O) groups is 2. The zero-order chi connectivity index (χ0) is 25.9. The molecule has 0 bridgehead atoms. The number of imidazole rings is 1. The monoisotopic (exact) mass is 511 g/mol. The topological polar surface area (TPSA) is 167 Å². The van der Waals surface area contributed by atoms with Crippen LogP contribution >= 0.6 is 7.60 Å². The molecule has 0 aliphatic heterocycles. The number of esters is 2. The van der Waals surface area contributed by atoms with Gasteiger partial charge in [0.05, 0.1) is 30.1 Å². The molecule has 35 heavy (non-hydrogen) atoms. The summed E-state index contributed by atoms with van der Waals surface area (Å²) in [5, 5.41) is 0. The molecule has 0 radical (unpaired) electrons. The molecule has 1 aliphatic carbocycles. The Labute approximate surface area is 202 Å². The fraction of sp³-hybridized carbons (Fsp3) is 0.571. The molecular weight excluding hydrogens is 481 g/mol. The van der Waals surface area contributed by atoms with Crippen molar-refractivity contribution in [1.29, 1.82) is 0 Å². The Bertz CT molecular complexity index is 1150. The lowest BCUT2D eigenvalue weighted by Crippen LogP contribution is -2.25. The van der Waals surface area contributed by atoms with E-state index in [0.29, 0.717) is 30.6 Å². The molecule has 14 heteroatoms. The number of nitrogens with two attached hydrogens (primary N) is 1. The molecule has 1 fully saturated rings. The van der Waals surface area contributed by atoms with Crippen molar-refractivity contribution >= 4 is 36.6 Å². The van der Waals surface area contributed by atoms with Gasteiger partial charge in [-0.15, -0.1) is 0 Å². The summed E-state index contributed by atoms with van der Waals surface area (Å²) in [4.78, 5) is 36.0. The van der Waals surface area contributed by atoms with Gasteiger partial charge in [0.15, 0.2) is 5.65 Å². The minimum atomic E-state index is -3.99. The first kappa shape index (κ1) is 26.7. The summed E-state index contributed by atoms with van der Waals surface area (Å²) >= 11 is 0. The summed E-state index contributed by atoms with van der Waals surface area (Å²) in [5.41, 5.74) is 5.52. The van der Waals surface area contributed by atoms with Crippen molar-refractivity contribution < 1.29 is 37.4 Å². The molecule has 2 aromatic rings. The summed E-state index contributed by atoms with van der Waals surface area (Å²) in [5.74, 6) is -1.15. The minimum Gasteiger partial charge on any atom is -0.438 e. The van der Waals surface area contributed by atoms with Crippen molar-refractivity contribution in [3.63, 3.8) is 0 Å². The normalized spacial score (nSPS) is 16.5. The number of hydrogen-bond donors (Lipinski definition) is 1. The molecule has 0 spiro atoms. The van der Waals surface area contributed by atoms with Gasteiger partial charge < -0.3 is 24.5 Å². The molecular formula is C21H30N5O8P. The smallest absolute Gasteiger partial charge is 0.361 e. The van der Waals surface area contributed by atoms with E-state index in [9.17, 15) is 14.2 Å². The highest BCUT2D eigenvalue weighted by molar-refractivity contribution is 7.53. The average molecular weight is 511 g/mol. The average Bonchev–Trinajstić information content (AvgIpc) is 3.44. The van der Waals surface area contributed by atoms with E-state index in [2.05, 4.69) is 21.5 Å². The second-order valence-electron chi connectivity index (χ2n) is 9.26. The second-order valence-corrected chi connectivity index (χ2v) is 11.3. The van der Waals surface area contributed by atoms with E-state index in [0.717, 1.165) is 0 Å². The molecule has 13 nitrogen and oxygen atoms in total. The highest BCUT2D eigenvalue weighted by Gasteiger charge is 2.47. The lowest BCUT2D eigenvalue weighted by molar-refractivity contribution is -0.160. The lowest BCUT2D eigenvalue weighted by atomic mass is 9.98.